The maximum absolute atomic E-state index is 12.4. The highest BCUT2D eigenvalue weighted by atomic mass is 16.5. The van der Waals surface area contributed by atoms with E-state index in [1.165, 1.54) is 4.90 Å². The molecule has 0 spiro atoms. The Bertz CT molecular complexity index is 497. The fraction of sp³-hybridized carbons (Fsp3) is 0.615. The van der Waals surface area contributed by atoms with Crippen molar-refractivity contribution < 1.29 is 24.0 Å². The highest BCUT2D eigenvalue weighted by Crippen LogP contribution is 2.18. The summed E-state index contributed by atoms with van der Waals surface area (Å²) in [4.78, 5) is 24.7. The molecule has 1 aromatic rings. The minimum absolute atomic E-state index is 0.142. The lowest BCUT2D eigenvalue weighted by atomic mass is 10.1. The fourth-order valence-electron chi connectivity index (χ4n) is 2.10. The Labute approximate surface area is 116 Å². The zero-order chi connectivity index (χ0) is 14.7. The largest absolute Gasteiger partial charge is 0.481 e. The molecule has 0 saturated carbocycles. The third-order valence-electron chi connectivity index (χ3n) is 3.23. The van der Waals surface area contributed by atoms with Gasteiger partial charge in [-0.3, -0.25) is 9.59 Å². The van der Waals surface area contributed by atoms with Gasteiger partial charge < -0.3 is 19.3 Å². The van der Waals surface area contributed by atoms with Crippen molar-refractivity contribution in [3.63, 3.8) is 0 Å². The van der Waals surface area contributed by atoms with Crippen LogP contribution in [0.3, 0.4) is 0 Å². The number of carboxylic acids is 1. The van der Waals surface area contributed by atoms with Crippen molar-refractivity contribution in [2.75, 3.05) is 19.8 Å². The molecule has 1 aliphatic rings. The quantitative estimate of drug-likeness (QED) is 0.889. The van der Waals surface area contributed by atoms with Gasteiger partial charge in [-0.1, -0.05) is 19.0 Å². The number of hydrogen-bond acceptors (Lipinski definition) is 5. The third-order valence-corrected chi connectivity index (χ3v) is 3.23. The number of aromatic nitrogens is 1. The molecule has 1 atom stereocenters. The molecule has 1 amide bonds. The van der Waals surface area contributed by atoms with Gasteiger partial charge >= 0.3 is 5.97 Å². The molecule has 2 rings (SSSR count). The van der Waals surface area contributed by atoms with Gasteiger partial charge in [0.05, 0.1) is 31.4 Å². The second kappa shape index (κ2) is 6.04. The Hall–Kier alpha value is -1.89. The molecular formula is C13H18N2O5. The highest BCUT2D eigenvalue weighted by molar-refractivity contribution is 5.92. The maximum atomic E-state index is 12.4. The van der Waals surface area contributed by atoms with Gasteiger partial charge in [-0.25, -0.2) is 0 Å². The average molecular weight is 282 g/mol. The lowest BCUT2D eigenvalue weighted by Crippen LogP contribution is -2.49. The highest BCUT2D eigenvalue weighted by Gasteiger charge is 2.31. The molecule has 1 N–H and O–H groups in total. The Morgan fingerprint density at radius 2 is 2.30 bits per heavy atom. The van der Waals surface area contributed by atoms with Crippen LogP contribution in [0.15, 0.2) is 10.6 Å². The van der Waals surface area contributed by atoms with Gasteiger partial charge in [-0.15, -0.1) is 0 Å². The van der Waals surface area contributed by atoms with Gasteiger partial charge in [0.25, 0.3) is 5.91 Å². The Morgan fingerprint density at radius 3 is 2.90 bits per heavy atom. The lowest BCUT2D eigenvalue weighted by molar-refractivity contribution is -0.139. The first-order chi connectivity index (χ1) is 9.49. The number of amides is 1. The van der Waals surface area contributed by atoms with E-state index in [0.29, 0.717) is 18.8 Å². The molecule has 2 heterocycles. The molecule has 0 radical (unpaired) electrons. The van der Waals surface area contributed by atoms with E-state index >= 15 is 0 Å². The van der Waals surface area contributed by atoms with Crippen LogP contribution in [0.5, 0.6) is 0 Å². The van der Waals surface area contributed by atoms with E-state index in [1.54, 1.807) is 6.07 Å². The van der Waals surface area contributed by atoms with Gasteiger partial charge in [-0.2, -0.15) is 0 Å². The van der Waals surface area contributed by atoms with Crippen molar-refractivity contribution >= 4 is 11.9 Å². The summed E-state index contributed by atoms with van der Waals surface area (Å²) in [7, 11) is 0. The molecule has 0 aliphatic carbocycles. The SMILES string of the molecule is CC(C)c1cc(C(=O)N2CCOCC2CC(=O)O)on1. The predicted molar refractivity (Wildman–Crippen MR) is 68.5 cm³/mol. The van der Waals surface area contributed by atoms with Gasteiger partial charge in [0, 0.05) is 12.6 Å². The number of nitrogens with zero attached hydrogens (tertiary/aromatic N) is 2. The van der Waals surface area contributed by atoms with Crippen molar-refractivity contribution in [2.24, 2.45) is 0 Å². The number of carboxylic acid groups (broad SMARTS) is 1. The van der Waals surface area contributed by atoms with Crippen LogP contribution in [-0.4, -0.2) is 52.8 Å². The Kier molecular flexibility index (Phi) is 4.39. The summed E-state index contributed by atoms with van der Waals surface area (Å²) in [5.74, 6) is -0.983. The van der Waals surface area contributed by atoms with Crippen LogP contribution < -0.4 is 0 Å². The summed E-state index contributed by atoms with van der Waals surface area (Å²) in [5.41, 5.74) is 0.705. The zero-order valence-corrected chi connectivity index (χ0v) is 11.5. The molecule has 0 bridgehead atoms. The summed E-state index contributed by atoms with van der Waals surface area (Å²) in [5, 5.41) is 12.7. The molecule has 110 valence electrons. The zero-order valence-electron chi connectivity index (χ0n) is 11.5. The molecule has 1 fully saturated rings. The van der Waals surface area contributed by atoms with E-state index < -0.39 is 12.0 Å². The molecule has 0 aromatic carbocycles. The standard InChI is InChI=1S/C13H18N2O5/c1-8(2)10-6-11(20-14-10)13(18)15-3-4-19-7-9(15)5-12(16)17/h6,8-9H,3-5,7H2,1-2H3,(H,16,17). The monoisotopic (exact) mass is 282 g/mol. The normalized spacial score (nSPS) is 19.4. The van der Waals surface area contributed by atoms with Crippen molar-refractivity contribution in [3.8, 4) is 0 Å². The minimum Gasteiger partial charge on any atom is -0.481 e. The summed E-state index contributed by atoms with van der Waals surface area (Å²) in [6, 6.07) is 1.14. The third kappa shape index (κ3) is 3.16. The van der Waals surface area contributed by atoms with Crippen LogP contribution in [0.2, 0.25) is 0 Å². The molecule has 7 nitrogen and oxygen atoms in total. The van der Waals surface area contributed by atoms with Crippen LogP contribution >= 0.6 is 0 Å². The van der Waals surface area contributed by atoms with E-state index in [4.69, 9.17) is 14.4 Å². The first kappa shape index (κ1) is 14.5. The van der Waals surface area contributed by atoms with Crippen molar-refractivity contribution in [1.82, 2.24) is 10.1 Å². The van der Waals surface area contributed by atoms with Crippen LogP contribution in [0, 0.1) is 0 Å². The van der Waals surface area contributed by atoms with E-state index in [-0.39, 0.29) is 30.6 Å². The predicted octanol–water partition coefficient (Wildman–Crippen LogP) is 1.11. The first-order valence-corrected chi connectivity index (χ1v) is 6.56. The van der Waals surface area contributed by atoms with Crippen LogP contribution in [-0.2, 0) is 9.53 Å². The second-order valence-corrected chi connectivity index (χ2v) is 5.10. The van der Waals surface area contributed by atoms with E-state index in [1.807, 2.05) is 13.8 Å². The number of morpholine rings is 1. The van der Waals surface area contributed by atoms with E-state index in [2.05, 4.69) is 5.16 Å². The number of ether oxygens (including phenoxy) is 1. The number of hydrogen-bond donors (Lipinski definition) is 1. The number of carbonyl (C=O) groups excluding carboxylic acids is 1. The summed E-state index contributed by atoms with van der Waals surface area (Å²) in [6.45, 7) is 4.88. The molecule has 1 aliphatic heterocycles. The van der Waals surface area contributed by atoms with Crippen molar-refractivity contribution in [1.29, 1.82) is 0 Å². The summed E-state index contributed by atoms with van der Waals surface area (Å²) < 4.78 is 10.3. The molecular weight excluding hydrogens is 264 g/mol. The molecule has 1 aromatic heterocycles. The van der Waals surface area contributed by atoms with Gasteiger partial charge in [0.2, 0.25) is 5.76 Å². The average Bonchev–Trinajstić information content (AvgIpc) is 2.87. The Balaban J connectivity index is 2.13. The number of aliphatic carboxylic acids is 1. The summed E-state index contributed by atoms with van der Waals surface area (Å²) in [6.07, 6.45) is -0.142. The number of rotatable bonds is 4. The smallest absolute Gasteiger partial charge is 0.305 e. The maximum Gasteiger partial charge on any atom is 0.305 e. The molecule has 1 saturated heterocycles. The minimum atomic E-state index is -0.960. The van der Waals surface area contributed by atoms with Crippen LogP contribution in [0.1, 0.15) is 42.4 Å². The Morgan fingerprint density at radius 1 is 1.55 bits per heavy atom. The lowest BCUT2D eigenvalue weighted by Gasteiger charge is -2.34. The topological polar surface area (TPSA) is 92.9 Å². The van der Waals surface area contributed by atoms with E-state index in [0.717, 1.165) is 0 Å². The summed E-state index contributed by atoms with van der Waals surface area (Å²) >= 11 is 0. The van der Waals surface area contributed by atoms with E-state index in [9.17, 15) is 9.59 Å². The number of carbonyl (C=O) groups is 2. The molecule has 7 heteroatoms. The van der Waals surface area contributed by atoms with Gasteiger partial charge in [0.15, 0.2) is 0 Å². The molecule has 20 heavy (non-hydrogen) atoms. The van der Waals surface area contributed by atoms with Gasteiger partial charge in [-0.05, 0) is 5.92 Å². The van der Waals surface area contributed by atoms with Gasteiger partial charge in [0.1, 0.15) is 0 Å². The van der Waals surface area contributed by atoms with Crippen LogP contribution in [0.4, 0.5) is 0 Å². The first-order valence-electron chi connectivity index (χ1n) is 6.56. The van der Waals surface area contributed by atoms with Crippen molar-refractivity contribution in [2.45, 2.75) is 32.2 Å². The second-order valence-electron chi connectivity index (χ2n) is 5.10. The van der Waals surface area contributed by atoms with Crippen molar-refractivity contribution in [3.05, 3.63) is 17.5 Å². The fourth-order valence-corrected chi connectivity index (χ4v) is 2.10. The molecule has 1 unspecified atom stereocenters. The van der Waals surface area contributed by atoms with Crippen LogP contribution in [0.25, 0.3) is 0 Å².